The van der Waals surface area contributed by atoms with E-state index in [4.69, 9.17) is 9.26 Å². The zero-order chi connectivity index (χ0) is 16.5. The van der Waals surface area contributed by atoms with E-state index in [0.717, 1.165) is 16.3 Å². The van der Waals surface area contributed by atoms with Crippen LogP contribution in [0.5, 0.6) is 5.75 Å². The smallest absolute Gasteiger partial charge is 0.267 e. The van der Waals surface area contributed by atoms with Crippen molar-refractivity contribution in [2.45, 2.75) is 12.3 Å². The lowest BCUT2D eigenvalue weighted by Crippen LogP contribution is -2.24. The molecule has 1 fully saturated rings. The number of aromatic nitrogens is 2. The molecule has 3 heterocycles. The number of carbonyl (C=O) groups is 1. The molecule has 6 nitrogen and oxygen atoms in total. The molecule has 7 heteroatoms. The van der Waals surface area contributed by atoms with Gasteiger partial charge in [0.1, 0.15) is 5.75 Å². The van der Waals surface area contributed by atoms with Gasteiger partial charge in [0.2, 0.25) is 5.91 Å². The number of carbonyl (C=O) groups excluding carboxylic acids is 1. The largest absolute Gasteiger partial charge is 0.497 e. The summed E-state index contributed by atoms with van der Waals surface area (Å²) in [5, 5.41) is 6.03. The monoisotopic (exact) mass is 341 g/mol. The second kappa shape index (κ2) is 6.09. The molecule has 1 atom stereocenters. The van der Waals surface area contributed by atoms with E-state index in [0.29, 0.717) is 24.7 Å². The molecule has 1 aromatic carbocycles. The molecule has 0 spiro atoms. The van der Waals surface area contributed by atoms with E-state index in [9.17, 15) is 4.79 Å². The molecule has 4 rings (SSSR count). The SMILES string of the molecule is COc1cccc(N2CC(c3noc(-c4cccs4)n3)CC2=O)c1. The number of hydrogen-bond acceptors (Lipinski definition) is 6. The topological polar surface area (TPSA) is 68.5 Å². The zero-order valence-corrected chi connectivity index (χ0v) is 13.8. The van der Waals surface area contributed by atoms with Crippen LogP contribution >= 0.6 is 11.3 Å². The van der Waals surface area contributed by atoms with Crippen LogP contribution in [0.1, 0.15) is 18.2 Å². The summed E-state index contributed by atoms with van der Waals surface area (Å²) in [6.45, 7) is 0.537. The maximum Gasteiger partial charge on any atom is 0.267 e. The van der Waals surface area contributed by atoms with Crippen LogP contribution in [0, 0.1) is 0 Å². The van der Waals surface area contributed by atoms with E-state index in [1.165, 1.54) is 0 Å². The molecule has 1 aliphatic heterocycles. The first-order valence-corrected chi connectivity index (χ1v) is 8.44. The molecule has 1 aliphatic rings. The number of rotatable bonds is 4. The predicted molar refractivity (Wildman–Crippen MR) is 90.3 cm³/mol. The zero-order valence-electron chi connectivity index (χ0n) is 13.0. The van der Waals surface area contributed by atoms with Crippen molar-refractivity contribution in [3.05, 3.63) is 47.6 Å². The molecule has 2 aromatic heterocycles. The summed E-state index contributed by atoms with van der Waals surface area (Å²) in [4.78, 5) is 19.5. The van der Waals surface area contributed by atoms with E-state index < -0.39 is 0 Å². The average molecular weight is 341 g/mol. The Kier molecular flexibility index (Phi) is 3.78. The number of anilines is 1. The Morgan fingerprint density at radius 1 is 1.33 bits per heavy atom. The predicted octanol–water partition coefficient (Wildman–Crippen LogP) is 3.33. The minimum atomic E-state index is -0.0684. The molecule has 1 unspecified atom stereocenters. The summed E-state index contributed by atoms with van der Waals surface area (Å²) < 4.78 is 10.6. The van der Waals surface area contributed by atoms with Gasteiger partial charge in [0.05, 0.1) is 12.0 Å². The molecule has 0 aliphatic carbocycles. The van der Waals surface area contributed by atoms with Gasteiger partial charge in [0.25, 0.3) is 5.89 Å². The molecule has 0 radical (unpaired) electrons. The number of hydrogen-bond donors (Lipinski definition) is 0. The number of methoxy groups -OCH3 is 1. The molecule has 1 amide bonds. The van der Waals surface area contributed by atoms with Gasteiger partial charge < -0.3 is 14.2 Å². The summed E-state index contributed by atoms with van der Waals surface area (Å²) in [6.07, 6.45) is 0.376. The summed E-state index contributed by atoms with van der Waals surface area (Å²) in [5.74, 6) is 1.80. The van der Waals surface area contributed by atoms with Gasteiger partial charge in [-0.25, -0.2) is 0 Å². The van der Waals surface area contributed by atoms with Crippen LogP contribution in [-0.2, 0) is 4.79 Å². The Bertz CT molecular complexity index is 860. The van der Waals surface area contributed by atoms with Crippen LogP contribution in [0.15, 0.2) is 46.3 Å². The Balaban J connectivity index is 1.55. The molecular weight excluding hydrogens is 326 g/mol. The summed E-state index contributed by atoms with van der Waals surface area (Å²) in [6, 6.07) is 11.4. The standard InChI is InChI=1S/C17H15N3O3S/c1-22-13-5-2-4-12(9-13)20-10-11(8-15(20)21)16-18-17(23-19-16)14-6-3-7-24-14/h2-7,9,11H,8,10H2,1H3. The van der Waals surface area contributed by atoms with Gasteiger partial charge in [0, 0.05) is 30.6 Å². The first-order chi connectivity index (χ1) is 11.7. The number of nitrogens with zero attached hydrogens (tertiary/aromatic N) is 3. The number of ether oxygens (including phenoxy) is 1. The highest BCUT2D eigenvalue weighted by atomic mass is 32.1. The van der Waals surface area contributed by atoms with Crippen molar-refractivity contribution in [1.82, 2.24) is 10.1 Å². The van der Waals surface area contributed by atoms with Gasteiger partial charge in [0.15, 0.2) is 5.82 Å². The molecule has 0 saturated carbocycles. The van der Waals surface area contributed by atoms with Gasteiger partial charge >= 0.3 is 0 Å². The Morgan fingerprint density at radius 2 is 2.25 bits per heavy atom. The lowest BCUT2D eigenvalue weighted by Gasteiger charge is -2.16. The molecule has 24 heavy (non-hydrogen) atoms. The number of thiophene rings is 1. The molecule has 3 aromatic rings. The van der Waals surface area contributed by atoms with Gasteiger partial charge in [-0.2, -0.15) is 4.98 Å². The van der Waals surface area contributed by atoms with E-state index in [1.807, 2.05) is 41.8 Å². The van der Waals surface area contributed by atoms with Crippen LogP contribution in [-0.4, -0.2) is 29.7 Å². The van der Waals surface area contributed by atoms with Crippen molar-refractivity contribution >= 4 is 22.9 Å². The number of benzene rings is 1. The average Bonchev–Trinajstić information content (AvgIpc) is 3.34. The molecule has 122 valence electrons. The van der Waals surface area contributed by atoms with Crippen molar-refractivity contribution in [3.63, 3.8) is 0 Å². The Morgan fingerprint density at radius 3 is 3.04 bits per heavy atom. The van der Waals surface area contributed by atoms with Crippen molar-refractivity contribution in [2.24, 2.45) is 0 Å². The first-order valence-electron chi connectivity index (χ1n) is 7.56. The fourth-order valence-corrected chi connectivity index (χ4v) is 3.45. The maximum atomic E-state index is 12.4. The summed E-state index contributed by atoms with van der Waals surface area (Å²) in [5.41, 5.74) is 0.823. The minimum absolute atomic E-state index is 0.0516. The molecular formula is C17H15N3O3S. The summed E-state index contributed by atoms with van der Waals surface area (Å²) in [7, 11) is 1.61. The highest BCUT2D eigenvalue weighted by Crippen LogP contribution is 2.33. The lowest BCUT2D eigenvalue weighted by molar-refractivity contribution is -0.117. The molecule has 0 N–H and O–H groups in total. The molecule has 1 saturated heterocycles. The fraction of sp³-hybridized carbons (Fsp3) is 0.235. The minimum Gasteiger partial charge on any atom is -0.497 e. The highest BCUT2D eigenvalue weighted by molar-refractivity contribution is 7.13. The normalized spacial score (nSPS) is 17.5. The van der Waals surface area contributed by atoms with Crippen molar-refractivity contribution in [1.29, 1.82) is 0 Å². The first kappa shape index (κ1) is 14.9. The van der Waals surface area contributed by atoms with Gasteiger partial charge in [-0.15, -0.1) is 11.3 Å². The van der Waals surface area contributed by atoms with Crippen molar-refractivity contribution < 1.29 is 14.1 Å². The van der Waals surface area contributed by atoms with E-state index in [1.54, 1.807) is 23.3 Å². The lowest BCUT2D eigenvalue weighted by atomic mass is 10.1. The maximum absolute atomic E-state index is 12.4. The van der Waals surface area contributed by atoms with Crippen LogP contribution in [0.25, 0.3) is 10.8 Å². The molecule has 0 bridgehead atoms. The second-order valence-corrected chi connectivity index (χ2v) is 6.49. The van der Waals surface area contributed by atoms with Crippen LogP contribution in [0.4, 0.5) is 5.69 Å². The van der Waals surface area contributed by atoms with Crippen molar-refractivity contribution in [2.75, 3.05) is 18.6 Å². The second-order valence-electron chi connectivity index (χ2n) is 5.54. The third-order valence-corrected chi connectivity index (χ3v) is 4.89. The third kappa shape index (κ3) is 2.67. The summed E-state index contributed by atoms with van der Waals surface area (Å²) >= 11 is 1.55. The van der Waals surface area contributed by atoms with E-state index >= 15 is 0 Å². The van der Waals surface area contributed by atoms with E-state index in [2.05, 4.69) is 10.1 Å². The fourth-order valence-electron chi connectivity index (χ4n) is 2.81. The Hall–Kier alpha value is -2.67. The van der Waals surface area contributed by atoms with Crippen LogP contribution in [0.2, 0.25) is 0 Å². The van der Waals surface area contributed by atoms with Crippen LogP contribution in [0.3, 0.4) is 0 Å². The third-order valence-electron chi connectivity index (χ3n) is 4.03. The van der Waals surface area contributed by atoms with E-state index in [-0.39, 0.29) is 11.8 Å². The van der Waals surface area contributed by atoms with Gasteiger partial charge in [-0.3, -0.25) is 4.79 Å². The van der Waals surface area contributed by atoms with Gasteiger partial charge in [-0.1, -0.05) is 17.3 Å². The Labute approximate surface area is 142 Å². The van der Waals surface area contributed by atoms with Crippen molar-refractivity contribution in [3.8, 4) is 16.5 Å². The quantitative estimate of drug-likeness (QED) is 0.728. The highest BCUT2D eigenvalue weighted by Gasteiger charge is 2.34. The van der Waals surface area contributed by atoms with Gasteiger partial charge in [-0.05, 0) is 23.6 Å². The van der Waals surface area contributed by atoms with Crippen LogP contribution < -0.4 is 9.64 Å². The number of amides is 1.